The summed E-state index contributed by atoms with van der Waals surface area (Å²) >= 11 is -0.815. The van der Waals surface area contributed by atoms with Crippen molar-refractivity contribution in [2.45, 2.75) is 67.8 Å². The van der Waals surface area contributed by atoms with Crippen molar-refractivity contribution in [2.75, 3.05) is 31.2 Å². The summed E-state index contributed by atoms with van der Waals surface area (Å²) in [6, 6.07) is 0.0897. The van der Waals surface area contributed by atoms with Gasteiger partial charge in [-0.2, -0.15) is 0 Å². The van der Waals surface area contributed by atoms with Crippen LogP contribution in [0.25, 0.3) is 15.9 Å². The van der Waals surface area contributed by atoms with Crippen LogP contribution in [0.3, 0.4) is 0 Å². The van der Waals surface area contributed by atoms with Gasteiger partial charge < -0.3 is 0 Å². The molecule has 37 heavy (non-hydrogen) atoms. The maximum absolute atomic E-state index is 16.3. The molecule has 0 radical (unpaired) electrons. The van der Waals surface area contributed by atoms with Gasteiger partial charge in [-0.3, -0.25) is 0 Å². The third-order valence-electron chi connectivity index (χ3n) is 7.45. The quantitative estimate of drug-likeness (QED) is 0.304. The first-order valence-corrected chi connectivity index (χ1v) is 15.3. The molecule has 4 heterocycles. The number of hydrogen-bond acceptors (Lipinski definition) is 6. The first kappa shape index (κ1) is 25.4. The number of nitrogens with zero attached hydrogens (tertiary/aromatic N) is 5. The Hall–Kier alpha value is -1.86. The van der Waals surface area contributed by atoms with Gasteiger partial charge in [0.2, 0.25) is 0 Å². The second-order valence-electron chi connectivity index (χ2n) is 10.2. The van der Waals surface area contributed by atoms with Crippen molar-refractivity contribution >= 4 is 36.8 Å². The summed E-state index contributed by atoms with van der Waals surface area (Å²) in [6.07, 6.45) is 2.57. The number of alkyl halides is 3. The van der Waals surface area contributed by atoms with Crippen molar-refractivity contribution in [3.05, 3.63) is 22.3 Å². The molecule has 6 rings (SSSR count). The number of piperazine rings is 1. The van der Waals surface area contributed by atoms with E-state index in [1.807, 2.05) is 11.8 Å². The summed E-state index contributed by atoms with van der Waals surface area (Å²) in [5, 5.41) is 11.2. The SMILES string of the molecule is C[C@H]1CN(c2c(F)c(S(=O)NC3(CF)CC3)cn3c(-c4nnc(C(F)F)[se]4)c(C4CCC4)nc23)CCN1. The molecule has 0 bridgehead atoms. The normalized spacial score (nSPS) is 22.5. The monoisotopic (exact) mass is 605 g/mol. The standard InChI is InChI=1S/C23H27F4N7OSSe/c1-12-9-33(8-7-28-12)17-15(25)14(36(35)32-23(11-24)5-6-23)10-34-18(21-30-31-22(37-21)19(26)27)16(29-20(17)34)13-3-2-4-13/h10,12-13,19,28,32H,2-9,11H2,1H3/t12-,36?/m0/s1. The Morgan fingerprint density at radius 1 is 1.32 bits per heavy atom. The van der Waals surface area contributed by atoms with Crippen molar-refractivity contribution in [1.29, 1.82) is 0 Å². The molecule has 1 saturated heterocycles. The minimum absolute atomic E-state index is 0.0897. The third-order valence-corrected chi connectivity index (χ3v) is 10.7. The zero-order valence-electron chi connectivity index (χ0n) is 20.1. The van der Waals surface area contributed by atoms with Crippen LogP contribution >= 0.6 is 0 Å². The Kier molecular flexibility index (Phi) is 6.67. The zero-order chi connectivity index (χ0) is 25.9. The van der Waals surface area contributed by atoms with E-state index in [1.165, 1.54) is 6.20 Å². The van der Waals surface area contributed by atoms with Crippen LogP contribution in [0.15, 0.2) is 11.1 Å². The van der Waals surface area contributed by atoms with Gasteiger partial charge in [-0.05, 0) is 0 Å². The fourth-order valence-electron chi connectivity index (χ4n) is 4.94. The van der Waals surface area contributed by atoms with E-state index >= 15 is 4.39 Å². The number of nitrogens with one attached hydrogen (secondary N) is 2. The van der Waals surface area contributed by atoms with Crippen molar-refractivity contribution in [3.63, 3.8) is 0 Å². The molecule has 2 saturated carbocycles. The molecule has 2 aliphatic carbocycles. The van der Waals surface area contributed by atoms with Gasteiger partial charge >= 0.3 is 220 Å². The molecule has 14 heteroatoms. The van der Waals surface area contributed by atoms with Crippen molar-refractivity contribution in [3.8, 4) is 10.3 Å². The number of rotatable bonds is 8. The average molecular weight is 605 g/mol. The average Bonchev–Trinajstić information content (AvgIpc) is 3.26. The van der Waals surface area contributed by atoms with E-state index in [9.17, 15) is 17.4 Å². The number of hydrogen-bond donors (Lipinski definition) is 2. The van der Waals surface area contributed by atoms with Gasteiger partial charge in [-0.15, -0.1) is 0 Å². The molecule has 2 atom stereocenters. The molecule has 8 nitrogen and oxygen atoms in total. The number of imidazole rings is 1. The van der Waals surface area contributed by atoms with Crippen molar-refractivity contribution in [1.82, 2.24) is 29.6 Å². The van der Waals surface area contributed by atoms with Crippen molar-refractivity contribution in [2.24, 2.45) is 0 Å². The first-order valence-electron chi connectivity index (χ1n) is 12.4. The van der Waals surface area contributed by atoms with E-state index < -0.39 is 49.9 Å². The van der Waals surface area contributed by atoms with Gasteiger partial charge in [0.1, 0.15) is 0 Å². The summed E-state index contributed by atoms with van der Waals surface area (Å²) in [4.78, 5) is 6.66. The Bertz CT molecular complexity index is 1360. The third kappa shape index (κ3) is 4.54. The van der Waals surface area contributed by atoms with Crippen molar-refractivity contribution < 1.29 is 21.8 Å². The Morgan fingerprint density at radius 2 is 2.11 bits per heavy atom. The number of halogens is 4. The molecule has 3 fully saturated rings. The second kappa shape index (κ2) is 9.71. The molecular formula is C23H27F4N7OSSe. The van der Waals surface area contributed by atoms with E-state index in [2.05, 4.69) is 20.2 Å². The van der Waals surface area contributed by atoms with Crippen LogP contribution in [-0.2, 0) is 11.0 Å². The summed E-state index contributed by atoms with van der Waals surface area (Å²) < 4.78 is 74.6. The van der Waals surface area contributed by atoms with E-state index in [4.69, 9.17) is 4.98 Å². The van der Waals surface area contributed by atoms with Gasteiger partial charge in [0.15, 0.2) is 0 Å². The number of pyridine rings is 1. The number of fused-ring (bicyclic) bond motifs is 1. The van der Waals surface area contributed by atoms with Crippen LogP contribution < -0.4 is 14.9 Å². The summed E-state index contributed by atoms with van der Waals surface area (Å²) in [6.45, 7) is 2.96. The van der Waals surface area contributed by atoms with Gasteiger partial charge in [0.05, 0.1) is 0 Å². The summed E-state index contributed by atoms with van der Waals surface area (Å²) in [7, 11) is -2.03. The fourth-order valence-corrected chi connectivity index (χ4v) is 7.74. The Labute approximate surface area is 219 Å². The molecule has 0 aromatic carbocycles. The molecule has 0 amide bonds. The summed E-state index contributed by atoms with van der Waals surface area (Å²) in [5.74, 6) is -0.558. The van der Waals surface area contributed by atoms with Crippen LogP contribution in [0, 0.1) is 5.82 Å². The molecule has 1 aliphatic heterocycles. The molecular weight excluding hydrogens is 577 g/mol. The maximum atomic E-state index is 16.3. The molecule has 3 aromatic rings. The molecule has 200 valence electrons. The van der Waals surface area contributed by atoms with E-state index in [1.54, 1.807) is 4.40 Å². The molecule has 2 N–H and O–H groups in total. The van der Waals surface area contributed by atoms with Gasteiger partial charge in [0.25, 0.3) is 0 Å². The molecule has 0 spiro atoms. The van der Waals surface area contributed by atoms with E-state index in [-0.39, 0.29) is 27.1 Å². The Balaban J connectivity index is 1.57. The second-order valence-corrected chi connectivity index (χ2v) is 13.5. The van der Waals surface area contributed by atoms with Crippen LogP contribution in [0.5, 0.6) is 0 Å². The van der Waals surface area contributed by atoms with E-state index in [0.717, 1.165) is 19.3 Å². The zero-order valence-corrected chi connectivity index (χ0v) is 22.7. The van der Waals surface area contributed by atoms with Crippen LogP contribution in [0.1, 0.15) is 61.6 Å². The van der Waals surface area contributed by atoms with Crippen LogP contribution in [-0.4, -0.2) is 76.2 Å². The van der Waals surface area contributed by atoms with Gasteiger partial charge in [-0.25, -0.2) is 0 Å². The first-order chi connectivity index (χ1) is 17.8. The minimum atomic E-state index is -2.70. The van der Waals surface area contributed by atoms with Gasteiger partial charge in [0, 0.05) is 0 Å². The predicted octanol–water partition coefficient (Wildman–Crippen LogP) is 3.10. The topological polar surface area (TPSA) is 87.5 Å². The molecule has 1 unspecified atom stereocenters. The van der Waals surface area contributed by atoms with Crippen LogP contribution in [0.2, 0.25) is 0 Å². The van der Waals surface area contributed by atoms with Gasteiger partial charge in [-0.1, -0.05) is 0 Å². The fraction of sp³-hybridized carbons (Fsp3) is 0.609. The number of anilines is 1. The molecule has 3 aromatic heterocycles. The Morgan fingerprint density at radius 3 is 2.70 bits per heavy atom. The van der Waals surface area contributed by atoms with Crippen LogP contribution in [0.4, 0.5) is 23.2 Å². The summed E-state index contributed by atoms with van der Waals surface area (Å²) in [5.41, 5.74) is 0.899. The predicted molar refractivity (Wildman–Crippen MR) is 132 cm³/mol. The van der Waals surface area contributed by atoms with E-state index in [0.29, 0.717) is 54.1 Å². The number of aromatic nitrogens is 4. The molecule has 3 aliphatic rings.